The molecule has 2 atom stereocenters. The number of pyridine rings is 1. The molecule has 22 heavy (non-hydrogen) atoms. The van der Waals surface area contributed by atoms with Gasteiger partial charge in [-0.1, -0.05) is 12.8 Å². The van der Waals surface area contributed by atoms with Gasteiger partial charge in [0.05, 0.1) is 12.1 Å². The smallest absolute Gasteiger partial charge is 0.169 e. The normalized spacial score (nSPS) is 25.7. The molecule has 1 aromatic rings. The molecule has 3 rings (SSSR count). The largest absolute Gasteiger partial charge is 0.376 e. The molecule has 2 aliphatic rings. The summed E-state index contributed by atoms with van der Waals surface area (Å²) in [5.74, 6) is 0. The topological polar surface area (TPSA) is 37.4 Å². The van der Waals surface area contributed by atoms with E-state index in [4.69, 9.17) is 17.0 Å². The molecule has 120 valence electrons. The standard InChI is InChI=1S/C17H25N3OS/c22-17(19-13-15-5-4-12-21-15)20-11-3-1-2-6-16(20)14-7-9-18-10-8-14/h7-10,15-16H,1-6,11-13H2,(H,19,22)/t15-,16+/m1/s1. The summed E-state index contributed by atoms with van der Waals surface area (Å²) in [6, 6.07) is 4.60. The first-order chi connectivity index (χ1) is 10.8. The molecule has 0 spiro atoms. The van der Waals surface area contributed by atoms with E-state index in [1.54, 1.807) is 0 Å². The molecule has 0 radical (unpaired) electrons. The van der Waals surface area contributed by atoms with Crippen LogP contribution in [0.5, 0.6) is 0 Å². The van der Waals surface area contributed by atoms with Crippen molar-refractivity contribution in [3.8, 4) is 0 Å². The average Bonchev–Trinajstić information content (AvgIpc) is 2.96. The summed E-state index contributed by atoms with van der Waals surface area (Å²) in [5, 5.41) is 4.31. The number of rotatable bonds is 3. The molecule has 0 unspecified atom stereocenters. The van der Waals surface area contributed by atoms with Gasteiger partial charge in [0, 0.05) is 32.1 Å². The van der Waals surface area contributed by atoms with Gasteiger partial charge in [-0.25, -0.2) is 0 Å². The van der Waals surface area contributed by atoms with Gasteiger partial charge in [-0.3, -0.25) is 4.98 Å². The maximum Gasteiger partial charge on any atom is 0.169 e. The zero-order chi connectivity index (χ0) is 15.2. The van der Waals surface area contributed by atoms with Crippen LogP contribution in [0.15, 0.2) is 24.5 Å². The first kappa shape index (κ1) is 15.7. The first-order valence-electron chi connectivity index (χ1n) is 8.40. The highest BCUT2D eigenvalue weighted by Gasteiger charge is 2.25. The van der Waals surface area contributed by atoms with Crippen LogP contribution in [0, 0.1) is 0 Å². The fourth-order valence-electron chi connectivity index (χ4n) is 3.39. The fraction of sp³-hybridized carbons (Fsp3) is 0.647. The highest BCUT2D eigenvalue weighted by molar-refractivity contribution is 7.80. The van der Waals surface area contributed by atoms with Gasteiger partial charge in [0.25, 0.3) is 0 Å². The van der Waals surface area contributed by atoms with Crippen LogP contribution in [0.1, 0.15) is 50.1 Å². The molecule has 1 N–H and O–H groups in total. The van der Waals surface area contributed by atoms with E-state index in [2.05, 4.69) is 27.3 Å². The summed E-state index contributed by atoms with van der Waals surface area (Å²) >= 11 is 5.69. The average molecular weight is 319 g/mol. The molecule has 0 aliphatic carbocycles. The lowest BCUT2D eigenvalue weighted by molar-refractivity contribution is 0.113. The van der Waals surface area contributed by atoms with Crippen molar-refractivity contribution in [1.29, 1.82) is 0 Å². The van der Waals surface area contributed by atoms with Gasteiger partial charge in [-0.2, -0.15) is 0 Å². The van der Waals surface area contributed by atoms with E-state index in [-0.39, 0.29) is 0 Å². The predicted octanol–water partition coefficient (Wildman–Crippen LogP) is 3.05. The first-order valence-corrected chi connectivity index (χ1v) is 8.81. The molecular formula is C17H25N3OS. The van der Waals surface area contributed by atoms with Crippen LogP contribution in [0.3, 0.4) is 0 Å². The van der Waals surface area contributed by atoms with Gasteiger partial charge in [0.1, 0.15) is 0 Å². The van der Waals surface area contributed by atoms with Crippen LogP contribution in [-0.2, 0) is 4.74 Å². The van der Waals surface area contributed by atoms with Crippen LogP contribution in [0.25, 0.3) is 0 Å². The lowest BCUT2D eigenvalue weighted by atomic mass is 10.0. The van der Waals surface area contributed by atoms with Crippen molar-refractivity contribution in [1.82, 2.24) is 15.2 Å². The van der Waals surface area contributed by atoms with E-state index in [1.165, 1.54) is 31.2 Å². The van der Waals surface area contributed by atoms with Crippen LogP contribution >= 0.6 is 12.2 Å². The summed E-state index contributed by atoms with van der Waals surface area (Å²) in [6.45, 7) is 2.76. The van der Waals surface area contributed by atoms with Gasteiger partial charge in [0.2, 0.25) is 0 Å². The molecule has 4 nitrogen and oxygen atoms in total. The van der Waals surface area contributed by atoms with Crippen molar-refractivity contribution < 1.29 is 4.74 Å². The van der Waals surface area contributed by atoms with E-state index in [1.807, 2.05) is 12.4 Å². The molecule has 0 bridgehead atoms. The molecule has 0 amide bonds. The number of hydrogen-bond acceptors (Lipinski definition) is 3. The lowest BCUT2D eigenvalue weighted by Gasteiger charge is -2.33. The summed E-state index contributed by atoms with van der Waals surface area (Å²) in [6.07, 6.45) is 11.3. The Labute approximate surface area is 138 Å². The number of aromatic nitrogens is 1. The van der Waals surface area contributed by atoms with Gasteiger partial charge in [-0.05, 0) is 55.6 Å². The highest BCUT2D eigenvalue weighted by Crippen LogP contribution is 2.29. The van der Waals surface area contributed by atoms with Crippen LogP contribution < -0.4 is 5.32 Å². The fourth-order valence-corrected chi connectivity index (χ4v) is 3.69. The highest BCUT2D eigenvalue weighted by atomic mass is 32.1. The van der Waals surface area contributed by atoms with Gasteiger partial charge in [0.15, 0.2) is 5.11 Å². The van der Waals surface area contributed by atoms with Gasteiger partial charge >= 0.3 is 0 Å². The minimum atomic E-state index is 0.323. The van der Waals surface area contributed by atoms with Crippen LogP contribution in [-0.4, -0.2) is 40.8 Å². The molecule has 2 aliphatic heterocycles. The third kappa shape index (κ3) is 3.96. The lowest BCUT2D eigenvalue weighted by Crippen LogP contribution is -2.44. The number of ether oxygens (including phenoxy) is 1. The third-order valence-electron chi connectivity index (χ3n) is 4.61. The Morgan fingerprint density at radius 3 is 2.86 bits per heavy atom. The van der Waals surface area contributed by atoms with Crippen molar-refractivity contribution in [3.05, 3.63) is 30.1 Å². The monoisotopic (exact) mass is 319 g/mol. The number of nitrogens with one attached hydrogen (secondary N) is 1. The maximum atomic E-state index is 5.69. The minimum absolute atomic E-state index is 0.323. The van der Waals surface area contributed by atoms with Crippen molar-refractivity contribution in [2.45, 2.75) is 50.7 Å². The second kappa shape index (κ2) is 7.88. The molecule has 5 heteroatoms. The quantitative estimate of drug-likeness (QED) is 0.867. The van der Waals surface area contributed by atoms with Gasteiger partial charge in [-0.15, -0.1) is 0 Å². The molecular weight excluding hydrogens is 294 g/mol. The van der Waals surface area contributed by atoms with Gasteiger partial charge < -0.3 is 15.0 Å². The number of likely N-dealkylation sites (tertiary alicyclic amines) is 1. The second-order valence-corrected chi connectivity index (χ2v) is 6.55. The Morgan fingerprint density at radius 2 is 2.09 bits per heavy atom. The Hall–Kier alpha value is -1.20. The van der Waals surface area contributed by atoms with E-state index in [0.717, 1.165) is 37.7 Å². The minimum Gasteiger partial charge on any atom is -0.376 e. The molecule has 0 saturated carbocycles. The van der Waals surface area contributed by atoms with Crippen LogP contribution in [0.2, 0.25) is 0 Å². The van der Waals surface area contributed by atoms with Crippen LogP contribution in [0.4, 0.5) is 0 Å². The second-order valence-electron chi connectivity index (χ2n) is 6.16. The third-order valence-corrected chi connectivity index (χ3v) is 4.99. The molecule has 1 aromatic heterocycles. The summed E-state index contributed by atoms with van der Waals surface area (Å²) in [5.41, 5.74) is 1.32. The van der Waals surface area contributed by atoms with Crippen molar-refractivity contribution in [2.24, 2.45) is 0 Å². The number of thiocarbonyl (C=S) groups is 1. The number of hydrogen-bond donors (Lipinski definition) is 1. The van der Waals surface area contributed by atoms with Crippen molar-refractivity contribution in [3.63, 3.8) is 0 Å². The Morgan fingerprint density at radius 1 is 1.23 bits per heavy atom. The number of nitrogens with zero attached hydrogens (tertiary/aromatic N) is 2. The zero-order valence-electron chi connectivity index (χ0n) is 13.0. The summed E-state index contributed by atoms with van der Waals surface area (Å²) in [4.78, 5) is 6.51. The van der Waals surface area contributed by atoms with Crippen molar-refractivity contribution >= 4 is 17.3 Å². The molecule has 2 fully saturated rings. The summed E-state index contributed by atoms with van der Waals surface area (Å²) in [7, 11) is 0. The van der Waals surface area contributed by atoms with E-state index in [0.29, 0.717) is 12.1 Å². The Balaban J connectivity index is 1.65. The van der Waals surface area contributed by atoms with E-state index >= 15 is 0 Å². The van der Waals surface area contributed by atoms with Crippen molar-refractivity contribution in [2.75, 3.05) is 19.7 Å². The maximum absolute atomic E-state index is 5.69. The summed E-state index contributed by atoms with van der Waals surface area (Å²) < 4.78 is 5.68. The molecule has 3 heterocycles. The molecule has 0 aromatic carbocycles. The molecule has 2 saturated heterocycles. The Kier molecular flexibility index (Phi) is 5.62. The van der Waals surface area contributed by atoms with E-state index in [9.17, 15) is 0 Å². The van der Waals surface area contributed by atoms with E-state index < -0.39 is 0 Å². The predicted molar refractivity (Wildman–Crippen MR) is 91.7 cm³/mol. The Bertz CT molecular complexity index is 476. The zero-order valence-corrected chi connectivity index (χ0v) is 13.9. The SMILES string of the molecule is S=C(NC[C@H]1CCCO1)N1CCCCC[C@H]1c1ccncc1.